The number of hydrogen-bond donors (Lipinski definition) is 2. The lowest BCUT2D eigenvalue weighted by Gasteiger charge is -2.08. The minimum atomic E-state index is 0.425. The van der Waals surface area contributed by atoms with Crippen molar-refractivity contribution in [3.8, 4) is 0 Å². The molecule has 4 nitrogen and oxygen atoms in total. The largest absolute Gasteiger partial charge is 0.383 e. The Balaban J connectivity index is 2.24. The summed E-state index contributed by atoms with van der Waals surface area (Å²) in [6.45, 7) is 2.03. The first-order valence-corrected chi connectivity index (χ1v) is 7.32. The number of nitrogens with one attached hydrogen (secondary N) is 1. The molecule has 0 bridgehead atoms. The van der Waals surface area contributed by atoms with E-state index < -0.39 is 0 Å². The summed E-state index contributed by atoms with van der Waals surface area (Å²) in [4.78, 5) is 8.49. The van der Waals surface area contributed by atoms with Crippen LogP contribution in [0.25, 0.3) is 0 Å². The second kappa shape index (κ2) is 6.32. The van der Waals surface area contributed by atoms with Gasteiger partial charge in [0.2, 0.25) is 0 Å². The van der Waals surface area contributed by atoms with E-state index in [0.29, 0.717) is 26.8 Å². The van der Waals surface area contributed by atoms with Gasteiger partial charge in [0.15, 0.2) is 5.16 Å². The van der Waals surface area contributed by atoms with Gasteiger partial charge >= 0.3 is 0 Å². The number of hydrogen-bond acceptors (Lipinski definition) is 5. The third-order valence-electron chi connectivity index (χ3n) is 2.19. The topological polar surface area (TPSA) is 63.8 Å². The van der Waals surface area contributed by atoms with Crippen molar-refractivity contribution >= 4 is 52.3 Å². The third-order valence-corrected chi connectivity index (χ3v) is 3.66. The molecule has 0 atom stereocenters. The molecule has 0 spiro atoms. The first-order valence-electron chi connectivity index (χ1n) is 5.58. The Labute approximate surface area is 125 Å². The minimum Gasteiger partial charge on any atom is -0.383 e. The van der Waals surface area contributed by atoms with Crippen molar-refractivity contribution in [1.29, 1.82) is 0 Å². The van der Waals surface area contributed by atoms with Crippen molar-refractivity contribution < 1.29 is 0 Å². The quantitative estimate of drug-likeness (QED) is 0.653. The molecule has 2 rings (SSSR count). The molecule has 2 aromatic rings. The first kappa shape index (κ1) is 14.2. The van der Waals surface area contributed by atoms with E-state index in [-0.39, 0.29) is 0 Å². The molecule has 100 valence electrons. The monoisotopic (exact) mass is 314 g/mol. The van der Waals surface area contributed by atoms with Gasteiger partial charge in [-0.15, -0.1) is 0 Å². The van der Waals surface area contributed by atoms with Crippen LogP contribution in [-0.4, -0.2) is 15.7 Å². The van der Waals surface area contributed by atoms with Crippen LogP contribution in [0.2, 0.25) is 10.0 Å². The number of anilines is 3. The maximum absolute atomic E-state index is 5.96. The van der Waals surface area contributed by atoms with Crippen molar-refractivity contribution in [2.75, 3.05) is 16.8 Å². The fourth-order valence-electron chi connectivity index (χ4n) is 1.42. The van der Waals surface area contributed by atoms with Crippen molar-refractivity contribution in [2.24, 2.45) is 0 Å². The van der Waals surface area contributed by atoms with E-state index in [0.717, 1.165) is 11.4 Å². The van der Waals surface area contributed by atoms with E-state index in [1.807, 2.05) is 13.0 Å². The zero-order chi connectivity index (χ0) is 13.8. The summed E-state index contributed by atoms with van der Waals surface area (Å²) in [6.07, 6.45) is 0. The van der Waals surface area contributed by atoms with Crippen LogP contribution in [-0.2, 0) is 0 Å². The highest BCUT2D eigenvalue weighted by Gasteiger charge is 2.05. The molecule has 0 fully saturated rings. The Kier molecular flexibility index (Phi) is 4.74. The van der Waals surface area contributed by atoms with Gasteiger partial charge < -0.3 is 11.1 Å². The zero-order valence-electron chi connectivity index (χ0n) is 10.2. The van der Waals surface area contributed by atoms with Crippen molar-refractivity contribution in [2.45, 2.75) is 12.1 Å². The lowest BCUT2D eigenvalue weighted by molar-refractivity contribution is 0.981. The Morgan fingerprint density at radius 2 is 2.00 bits per heavy atom. The van der Waals surface area contributed by atoms with Crippen LogP contribution in [0.3, 0.4) is 0 Å². The fraction of sp³-hybridized carbons (Fsp3) is 0.167. The standard InChI is InChI=1S/C12H12Cl2N4S/c1-2-19-12-17-10(15)6-11(18-12)16-7-3-4-8(13)9(14)5-7/h3-6H,2H2,1H3,(H3,15,16,17,18). The summed E-state index contributed by atoms with van der Waals surface area (Å²) < 4.78 is 0. The van der Waals surface area contributed by atoms with Gasteiger partial charge in [-0.05, 0) is 24.0 Å². The summed E-state index contributed by atoms with van der Waals surface area (Å²) in [7, 11) is 0. The van der Waals surface area contributed by atoms with Crippen molar-refractivity contribution in [1.82, 2.24) is 9.97 Å². The molecule has 1 heterocycles. The maximum atomic E-state index is 5.96. The van der Waals surface area contributed by atoms with E-state index in [4.69, 9.17) is 28.9 Å². The van der Waals surface area contributed by atoms with Gasteiger partial charge in [0.05, 0.1) is 10.0 Å². The SMILES string of the molecule is CCSc1nc(N)cc(Nc2ccc(Cl)c(Cl)c2)n1. The van der Waals surface area contributed by atoms with E-state index in [9.17, 15) is 0 Å². The van der Waals surface area contributed by atoms with Gasteiger partial charge in [-0.3, -0.25) is 0 Å². The number of rotatable bonds is 4. The van der Waals surface area contributed by atoms with Crippen LogP contribution in [0.5, 0.6) is 0 Å². The number of thioether (sulfide) groups is 1. The van der Waals surface area contributed by atoms with Crippen LogP contribution in [0.4, 0.5) is 17.3 Å². The molecule has 0 unspecified atom stereocenters. The highest BCUT2D eigenvalue weighted by molar-refractivity contribution is 7.99. The molecular weight excluding hydrogens is 303 g/mol. The molecule has 0 saturated carbocycles. The maximum Gasteiger partial charge on any atom is 0.191 e. The second-order valence-electron chi connectivity index (χ2n) is 3.65. The van der Waals surface area contributed by atoms with Crippen LogP contribution in [0, 0.1) is 0 Å². The van der Waals surface area contributed by atoms with Crippen LogP contribution >= 0.6 is 35.0 Å². The number of halogens is 2. The van der Waals surface area contributed by atoms with Gasteiger partial charge in [-0.1, -0.05) is 41.9 Å². The molecule has 1 aromatic heterocycles. The van der Waals surface area contributed by atoms with Gasteiger partial charge in [-0.2, -0.15) is 0 Å². The number of nitrogen functional groups attached to an aromatic ring is 1. The van der Waals surface area contributed by atoms with Crippen molar-refractivity contribution in [3.63, 3.8) is 0 Å². The molecule has 7 heteroatoms. The highest BCUT2D eigenvalue weighted by atomic mass is 35.5. The molecular formula is C12H12Cl2N4S. The molecule has 3 N–H and O–H groups in total. The molecule has 0 aliphatic rings. The molecule has 1 aromatic carbocycles. The summed E-state index contributed by atoms with van der Waals surface area (Å²) in [5.41, 5.74) is 6.54. The van der Waals surface area contributed by atoms with E-state index in [1.54, 1.807) is 18.2 Å². The average Bonchev–Trinajstić information content (AvgIpc) is 2.33. The molecule has 0 radical (unpaired) electrons. The van der Waals surface area contributed by atoms with Gasteiger partial charge in [-0.25, -0.2) is 9.97 Å². The fourth-order valence-corrected chi connectivity index (χ4v) is 2.31. The summed E-state index contributed by atoms with van der Waals surface area (Å²) in [6, 6.07) is 6.94. The van der Waals surface area contributed by atoms with Crippen LogP contribution < -0.4 is 11.1 Å². The smallest absolute Gasteiger partial charge is 0.191 e. The molecule has 0 saturated heterocycles. The summed E-state index contributed by atoms with van der Waals surface area (Å²) in [5.74, 6) is 1.94. The van der Waals surface area contributed by atoms with E-state index in [2.05, 4.69) is 15.3 Å². The molecule has 0 aliphatic carbocycles. The average molecular weight is 315 g/mol. The van der Waals surface area contributed by atoms with Gasteiger partial charge in [0.1, 0.15) is 11.6 Å². The number of nitrogens with zero attached hydrogens (tertiary/aromatic N) is 2. The van der Waals surface area contributed by atoms with Gasteiger partial charge in [0.25, 0.3) is 0 Å². The first-order chi connectivity index (χ1) is 9.08. The number of aromatic nitrogens is 2. The van der Waals surface area contributed by atoms with E-state index in [1.165, 1.54) is 11.8 Å². The molecule has 0 aliphatic heterocycles. The van der Waals surface area contributed by atoms with Crippen molar-refractivity contribution in [3.05, 3.63) is 34.3 Å². The van der Waals surface area contributed by atoms with Crippen LogP contribution in [0.1, 0.15) is 6.92 Å². The summed E-state index contributed by atoms with van der Waals surface area (Å²) in [5, 5.41) is 4.76. The Morgan fingerprint density at radius 1 is 1.21 bits per heavy atom. The highest BCUT2D eigenvalue weighted by Crippen LogP contribution is 2.27. The Hall–Kier alpha value is -1.17. The molecule has 19 heavy (non-hydrogen) atoms. The number of benzene rings is 1. The zero-order valence-corrected chi connectivity index (χ0v) is 12.5. The number of nitrogens with two attached hydrogens (primary N) is 1. The lowest BCUT2D eigenvalue weighted by atomic mass is 10.3. The third kappa shape index (κ3) is 3.89. The molecule has 0 amide bonds. The Morgan fingerprint density at radius 3 is 2.68 bits per heavy atom. The second-order valence-corrected chi connectivity index (χ2v) is 5.69. The van der Waals surface area contributed by atoms with Crippen LogP contribution in [0.15, 0.2) is 29.4 Å². The minimum absolute atomic E-state index is 0.425. The lowest BCUT2D eigenvalue weighted by Crippen LogP contribution is -2.00. The predicted molar refractivity (Wildman–Crippen MR) is 82.6 cm³/mol. The van der Waals surface area contributed by atoms with E-state index >= 15 is 0 Å². The predicted octanol–water partition coefficient (Wildman–Crippen LogP) is 4.22. The summed E-state index contributed by atoms with van der Waals surface area (Å²) >= 11 is 13.4. The normalized spacial score (nSPS) is 10.5. The Bertz CT molecular complexity index is 592. The van der Waals surface area contributed by atoms with Gasteiger partial charge in [0, 0.05) is 11.8 Å².